The molecule has 162 valence electrons. The van der Waals surface area contributed by atoms with E-state index in [1.807, 2.05) is 60.7 Å². The molecule has 7 heteroatoms. The third kappa shape index (κ3) is 6.99. The summed E-state index contributed by atoms with van der Waals surface area (Å²) >= 11 is 0. The predicted octanol–water partition coefficient (Wildman–Crippen LogP) is 4.26. The summed E-state index contributed by atoms with van der Waals surface area (Å²) < 4.78 is 10.7. The van der Waals surface area contributed by atoms with Crippen molar-refractivity contribution in [1.82, 2.24) is 15.3 Å². The number of rotatable bonds is 7. The van der Waals surface area contributed by atoms with Gasteiger partial charge in [0.2, 0.25) is 0 Å². The third-order valence-electron chi connectivity index (χ3n) is 4.31. The van der Waals surface area contributed by atoms with Gasteiger partial charge in [0.1, 0.15) is 24.1 Å². The lowest BCUT2D eigenvalue weighted by Gasteiger charge is -2.22. The number of esters is 1. The van der Waals surface area contributed by atoms with Gasteiger partial charge in [-0.15, -0.1) is 0 Å². The van der Waals surface area contributed by atoms with E-state index in [1.54, 1.807) is 27.0 Å². The number of benzene rings is 2. The van der Waals surface area contributed by atoms with Gasteiger partial charge in [-0.25, -0.2) is 14.6 Å². The molecule has 1 amide bonds. The van der Waals surface area contributed by atoms with Crippen LogP contribution in [0.1, 0.15) is 32.2 Å². The van der Waals surface area contributed by atoms with Crippen molar-refractivity contribution in [2.75, 3.05) is 0 Å². The summed E-state index contributed by atoms with van der Waals surface area (Å²) in [5.74, 6) is -0.0102. The molecule has 3 aromatic rings. The standard InChI is InChI=1S/C24H27N3O4/c1-24(2,3)31-23(29)27-19(22(28)30-16-17-10-6-4-7-11-17)14-21-25-15-20(26-21)18-12-8-5-9-13-18/h4-13,15,19H,14,16H2,1-3H3,(H,25,26)(H,27,29)/t19-/m0/s1. The minimum atomic E-state index is -0.951. The zero-order valence-electron chi connectivity index (χ0n) is 17.9. The molecular weight excluding hydrogens is 394 g/mol. The van der Waals surface area contributed by atoms with Crippen molar-refractivity contribution in [2.24, 2.45) is 0 Å². The number of aromatic nitrogens is 2. The molecular formula is C24H27N3O4. The second-order valence-corrected chi connectivity index (χ2v) is 8.11. The summed E-state index contributed by atoms with van der Waals surface area (Å²) in [6, 6.07) is 18.1. The van der Waals surface area contributed by atoms with E-state index in [0.717, 1.165) is 16.8 Å². The number of aromatic amines is 1. The van der Waals surface area contributed by atoms with Crippen molar-refractivity contribution in [2.45, 2.75) is 45.4 Å². The number of nitrogens with one attached hydrogen (secondary N) is 2. The molecule has 1 heterocycles. The number of imidazole rings is 1. The van der Waals surface area contributed by atoms with Gasteiger partial charge in [-0.3, -0.25) is 0 Å². The van der Waals surface area contributed by atoms with Crippen LogP contribution >= 0.6 is 0 Å². The number of carbonyl (C=O) groups excluding carboxylic acids is 2. The van der Waals surface area contributed by atoms with Gasteiger partial charge in [0.05, 0.1) is 11.9 Å². The van der Waals surface area contributed by atoms with Gasteiger partial charge < -0.3 is 19.8 Å². The first-order chi connectivity index (χ1) is 14.8. The Bertz CT molecular complexity index is 994. The van der Waals surface area contributed by atoms with Crippen LogP contribution in [-0.4, -0.2) is 33.7 Å². The maximum Gasteiger partial charge on any atom is 0.408 e. The Morgan fingerprint density at radius 1 is 1.03 bits per heavy atom. The van der Waals surface area contributed by atoms with Crippen molar-refractivity contribution < 1.29 is 19.1 Å². The van der Waals surface area contributed by atoms with E-state index in [9.17, 15) is 9.59 Å². The Hall–Kier alpha value is -3.61. The molecule has 0 saturated carbocycles. The van der Waals surface area contributed by atoms with Crippen LogP contribution < -0.4 is 5.32 Å². The summed E-state index contributed by atoms with van der Waals surface area (Å²) in [7, 11) is 0. The fourth-order valence-corrected chi connectivity index (χ4v) is 2.90. The molecule has 0 radical (unpaired) electrons. The zero-order valence-corrected chi connectivity index (χ0v) is 17.9. The van der Waals surface area contributed by atoms with E-state index in [1.165, 1.54) is 0 Å². The number of ether oxygens (including phenoxy) is 2. The first-order valence-electron chi connectivity index (χ1n) is 10.1. The maximum absolute atomic E-state index is 12.8. The van der Waals surface area contributed by atoms with Crippen LogP contribution in [0, 0.1) is 0 Å². The minimum Gasteiger partial charge on any atom is -0.459 e. The van der Waals surface area contributed by atoms with E-state index in [0.29, 0.717) is 5.82 Å². The highest BCUT2D eigenvalue weighted by Crippen LogP contribution is 2.17. The van der Waals surface area contributed by atoms with Crippen molar-refractivity contribution in [1.29, 1.82) is 0 Å². The molecule has 2 N–H and O–H groups in total. The first kappa shape index (κ1) is 22.1. The van der Waals surface area contributed by atoms with Gasteiger partial charge in [0.15, 0.2) is 0 Å². The van der Waals surface area contributed by atoms with Crippen molar-refractivity contribution in [3.8, 4) is 11.3 Å². The second-order valence-electron chi connectivity index (χ2n) is 8.11. The number of H-pyrrole nitrogens is 1. The lowest BCUT2D eigenvalue weighted by molar-refractivity contribution is -0.147. The summed E-state index contributed by atoms with van der Waals surface area (Å²) in [4.78, 5) is 32.6. The topological polar surface area (TPSA) is 93.3 Å². The highest BCUT2D eigenvalue weighted by Gasteiger charge is 2.27. The third-order valence-corrected chi connectivity index (χ3v) is 4.31. The van der Waals surface area contributed by atoms with Crippen LogP contribution in [0.15, 0.2) is 66.9 Å². The number of alkyl carbamates (subject to hydrolysis) is 1. The Kier molecular flexibility index (Phi) is 7.07. The molecule has 1 aromatic heterocycles. The van der Waals surface area contributed by atoms with Crippen molar-refractivity contribution >= 4 is 12.1 Å². The van der Waals surface area contributed by atoms with E-state index < -0.39 is 23.7 Å². The quantitative estimate of drug-likeness (QED) is 0.556. The Labute approximate surface area is 181 Å². The highest BCUT2D eigenvalue weighted by molar-refractivity contribution is 5.81. The minimum absolute atomic E-state index is 0.111. The average molecular weight is 421 g/mol. The fraction of sp³-hybridized carbons (Fsp3) is 0.292. The molecule has 0 aliphatic rings. The number of hydrogen-bond donors (Lipinski definition) is 2. The number of hydrogen-bond acceptors (Lipinski definition) is 5. The molecule has 0 aliphatic carbocycles. The fourth-order valence-electron chi connectivity index (χ4n) is 2.90. The van der Waals surface area contributed by atoms with Crippen molar-refractivity contribution in [3.63, 3.8) is 0 Å². The Balaban J connectivity index is 1.71. The van der Waals surface area contributed by atoms with E-state index in [4.69, 9.17) is 9.47 Å². The van der Waals surface area contributed by atoms with E-state index in [-0.39, 0.29) is 13.0 Å². The number of carbonyl (C=O) groups is 2. The van der Waals surface area contributed by atoms with E-state index in [2.05, 4.69) is 15.3 Å². The molecule has 0 bridgehead atoms. The van der Waals surface area contributed by atoms with Gasteiger partial charge >= 0.3 is 12.1 Å². The smallest absolute Gasteiger partial charge is 0.408 e. The van der Waals surface area contributed by atoms with Gasteiger partial charge in [-0.2, -0.15) is 0 Å². The van der Waals surface area contributed by atoms with Crippen LogP contribution in [0.5, 0.6) is 0 Å². The predicted molar refractivity (Wildman–Crippen MR) is 117 cm³/mol. The molecule has 2 aromatic carbocycles. The summed E-state index contributed by atoms with van der Waals surface area (Å²) in [5.41, 5.74) is 1.97. The van der Waals surface area contributed by atoms with E-state index >= 15 is 0 Å². The monoisotopic (exact) mass is 421 g/mol. The normalized spacial score (nSPS) is 12.1. The Morgan fingerprint density at radius 3 is 2.32 bits per heavy atom. The lowest BCUT2D eigenvalue weighted by atomic mass is 10.2. The number of amides is 1. The molecule has 0 aliphatic heterocycles. The first-order valence-corrected chi connectivity index (χ1v) is 10.1. The lowest BCUT2D eigenvalue weighted by Crippen LogP contribution is -2.45. The SMILES string of the molecule is CC(C)(C)OC(=O)N[C@@H](Cc1ncc(-c2ccccc2)[nH]1)C(=O)OCc1ccccc1. The molecule has 31 heavy (non-hydrogen) atoms. The molecule has 1 atom stereocenters. The Morgan fingerprint density at radius 2 is 1.68 bits per heavy atom. The maximum atomic E-state index is 12.8. The largest absolute Gasteiger partial charge is 0.459 e. The molecule has 0 saturated heterocycles. The van der Waals surface area contributed by atoms with Gasteiger partial charge in [-0.1, -0.05) is 60.7 Å². The zero-order chi connectivity index (χ0) is 22.3. The summed E-state index contributed by atoms with van der Waals surface area (Å²) in [6.07, 6.45) is 1.15. The average Bonchev–Trinajstić information content (AvgIpc) is 3.20. The second kappa shape index (κ2) is 9.93. The van der Waals surface area contributed by atoms with Gasteiger partial charge in [0.25, 0.3) is 0 Å². The molecule has 0 fully saturated rings. The summed E-state index contributed by atoms with van der Waals surface area (Å²) in [6.45, 7) is 5.38. The van der Waals surface area contributed by atoms with Crippen LogP contribution in [0.3, 0.4) is 0 Å². The van der Waals surface area contributed by atoms with Gasteiger partial charge in [0, 0.05) is 6.42 Å². The molecule has 7 nitrogen and oxygen atoms in total. The molecule has 0 unspecified atom stereocenters. The van der Waals surface area contributed by atoms with Crippen molar-refractivity contribution in [3.05, 3.63) is 78.2 Å². The summed E-state index contributed by atoms with van der Waals surface area (Å²) in [5, 5.41) is 2.61. The molecule has 3 rings (SSSR count). The van der Waals surface area contributed by atoms with Crippen LogP contribution in [0.4, 0.5) is 4.79 Å². The van der Waals surface area contributed by atoms with Crippen LogP contribution in [0.2, 0.25) is 0 Å². The number of nitrogens with zero attached hydrogens (tertiary/aromatic N) is 1. The van der Waals surface area contributed by atoms with Crippen LogP contribution in [0.25, 0.3) is 11.3 Å². The highest BCUT2D eigenvalue weighted by atomic mass is 16.6. The van der Waals surface area contributed by atoms with Gasteiger partial charge in [-0.05, 0) is 31.9 Å². The van der Waals surface area contributed by atoms with Crippen LogP contribution in [-0.2, 0) is 27.3 Å². The molecule has 0 spiro atoms.